The average molecular weight is 262 g/mol. The molecular weight excluding hydrogens is 244 g/mol. The molecule has 1 aromatic carbocycles. The molecule has 1 heterocycles. The molecule has 0 bridgehead atoms. The number of hydrogen-bond acceptors (Lipinski definition) is 3. The van der Waals surface area contributed by atoms with Gasteiger partial charge in [-0.05, 0) is 50.2 Å². The van der Waals surface area contributed by atoms with Crippen LogP contribution in [0.1, 0.15) is 12.8 Å². The minimum absolute atomic E-state index is 0.0529. The minimum Gasteiger partial charge on any atom is -0.351 e. The molecule has 19 heavy (non-hydrogen) atoms. The Kier molecular flexibility index (Phi) is 4.35. The maximum absolute atomic E-state index is 12.0. The summed E-state index contributed by atoms with van der Waals surface area (Å²) in [6, 6.07) is 6.27. The van der Waals surface area contributed by atoms with Crippen molar-refractivity contribution < 1.29 is 9.59 Å². The number of primary amides is 1. The molecule has 0 atom stereocenters. The van der Waals surface area contributed by atoms with Gasteiger partial charge in [0.05, 0.1) is 0 Å². The SMILES string of the molecule is NC(=O)Nc1ccc(NC(=O)C2CCNCC2)cc1. The first kappa shape index (κ1) is 13.4. The quantitative estimate of drug-likeness (QED) is 0.657. The van der Waals surface area contributed by atoms with Gasteiger partial charge in [0.25, 0.3) is 0 Å². The summed E-state index contributed by atoms with van der Waals surface area (Å²) in [6.45, 7) is 1.78. The van der Waals surface area contributed by atoms with E-state index in [1.165, 1.54) is 0 Å². The van der Waals surface area contributed by atoms with Gasteiger partial charge >= 0.3 is 6.03 Å². The highest BCUT2D eigenvalue weighted by Gasteiger charge is 2.20. The van der Waals surface area contributed by atoms with Gasteiger partial charge in [-0.15, -0.1) is 0 Å². The van der Waals surface area contributed by atoms with Crippen molar-refractivity contribution in [3.63, 3.8) is 0 Å². The lowest BCUT2D eigenvalue weighted by molar-refractivity contribution is -0.120. The summed E-state index contributed by atoms with van der Waals surface area (Å²) in [6.07, 6.45) is 1.74. The minimum atomic E-state index is -0.605. The summed E-state index contributed by atoms with van der Waals surface area (Å²) >= 11 is 0. The van der Waals surface area contributed by atoms with Crippen molar-refractivity contribution >= 4 is 23.3 Å². The van der Waals surface area contributed by atoms with E-state index in [9.17, 15) is 9.59 Å². The smallest absolute Gasteiger partial charge is 0.316 e. The molecule has 5 N–H and O–H groups in total. The monoisotopic (exact) mass is 262 g/mol. The molecular formula is C13H18N4O2. The van der Waals surface area contributed by atoms with Gasteiger partial charge in [-0.3, -0.25) is 4.79 Å². The molecule has 1 aliphatic rings. The van der Waals surface area contributed by atoms with E-state index >= 15 is 0 Å². The van der Waals surface area contributed by atoms with Crippen LogP contribution in [0.5, 0.6) is 0 Å². The third-order valence-electron chi connectivity index (χ3n) is 3.13. The van der Waals surface area contributed by atoms with Gasteiger partial charge in [0, 0.05) is 17.3 Å². The van der Waals surface area contributed by atoms with Crippen LogP contribution in [0, 0.1) is 5.92 Å². The zero-order chi connectivity index (χ0) is 13.7. The number of hydrogen-bond donors (Lipinski definition) is 4. The van der Waals surface area contributed by atoms with E-state index in [0.717, 1.165) is 31.6 Å². The van der Waals surface area contributed by atoms with Crippen LogP contribution >= 0.6 is 0 Å². The number of piperidine rings is 1. The van der Waals surface area contributed by atoms with Gasteiger partial charge in [-0.1, -0.05) is 0 Å². The first-order chi connectivity index (χ1) is 9.15. The largest absolute Gasteiger partial charge is 0.351 e. The highest BCUT2D eigenvalue weighted by molar-refractivity contribution is 5.93. The van der Waals surface area contributed by atoms with E-state index in [-0.39, 0.29) is 11.8 Å². The molecule has 102 valence electrons. The first-order valence-corrected chi connectivity index (χ1v) is 6.33. The Morgan fingerprint density at radius 2 is 1.58 bits per heavy atom. The molecule has 0 aromatic heterocycles. The van der Waals surface area contributed by atoms with E-state index in [0.29, 0.717) is 5.69 Å². The van der Waals surface area contributed by atoms with Crippen LogP contribution in [-0.2, 0) is 4.79 Å². The second-order valence-electron chi connectivity index (χ2n) is 4.58. The number of nitrogens with one attached hydrogen (secondary N) is 3. The van der Waals surface area contributed by atoms with E-state index in [2.05, 4.69) is 16.0 Å². The molecule has 0 radical (unpaired) electrons. The summed E-state index contributed by atoms with van der Waals surface area (Å²) in [4.78, 5) is 22.7. The van der Waals surface area contributed by atoms with Crippen molar-refractivity contribution in [3.8, 4) is 0 Å². The van der Waals surface area contributed by atoms with Gasteiger partial charge < -0.3 is 21.7 Å². The third kappa shape index (κ3) is 3.96. The third-order valence-corrected chi connectivity index (χ3v) is 3.13. The predicted octanol–water partition coefficient (Wildman–Crippen LogP) is 1.12. The maximum Gasteiger partial charge on any atom is 0.316 e. The van der Waals surface area contributed by atoms with Crippen molar-refractivity contribution in [3.05, 3.63) is 24.3 Å². The highest BCUT2D eigenvalue weighted by Crippen LogP contribution is 2.17. The van der Waals surface area contributed by atoms with Crippen LogP contribution in [0.4, 0.5) is 16.2 Å². The standard InChI is InChI=1S/C13H18N4O2/c14-13(19)17-11-3-1-10(2-4-11)16-12(18)9-5-7-15-8-6-9/h1-4,9,15H,5-8H2,(H,16,18)(H3,14,17,19). The summed E-state index contributed by atoms with van der Waals surface area (Å²) in [5.41, 5.74) is 6.34. The molecule has 1 saturated heterocycles. The molecule has 6 heteroatoms. The second kappa shape index (κ2) is 6.19. The summed E-state index contributed by atoms with van der Waals surface area (Å²) in [5.74, 6) is 0.127. The number of urea groups is 1. The van der Waals surface area contributed by atoms with Crippen LogP contribution in [0.25, 0.3) is 0 Å². The van der Waals surface area contributed by atoms with Crippen LogP contribution in [0.2, 0.25) is 0 Å². The molecule has 2 rings (SSSR count). The zero-order valence-corrected chi connectivity index (χ0v) is 10.6. The van der Waals surface area contributed by atoms with E-state index in [1.54, 1.807) is 24.3 Å². The summed E-state index contributed by atoms with van der Waals surface area (Å²) in [5, 5.41) is 8.58. The van der Waals surface area contributed by atoms with Crippen LogP contribution in [0.15, 0.2) is 24.3 Å². The molecule has 0 saturated carbocycles. The molecule has 0 unspecified atom stereocenters. The Labute approximate surface area is 111 Å². The summed E-state index contributed by atoms with van der Waals surface area (Å²) < 4.78 is 0. The maximum atomic E-state index is 12.0. The highest BCUT2D eigenvalue weighted by atomic mass is 16.2. The number of carbonyl (C=O) groups excluding carboxylic acids is 2. The predicted molar refractivity (Wildman–Crippen MR) is 73.9 cm³/mol. The average Bonchev–Trinajstić information content (AvgIpc) is 2.41. The van der Waals surface area contributed by atoms with E-state index < -0.39 is 6.03 Å². The number of carbonyl (C=O) groups is 2. The Bertz CT molecular complexity index is 452. The van der Waals surface area contributed by atoms with Gasteiger partial charge in [0.1, 0.15) is 0 Å². The first-order valence-electron chi connectivity index (χ1n) is 6.33. The van der Waals surface area contributed by atoms with Gasteiger partial charge in [0.2, 0.25) is 5.91 Å². The zero-order valence-electron chi connectivity index (χ0n) is 10.6. The molecule has 0 spiro atoms. The second-order valence-corrected chi connectivity index (χ2v) is 4.58. The Morgan fingerprint density at radius 1 is 1.05 bits per heavy atom. The fourth-order valence-electron chi connectivity index (χ4n) is 2.11. The van der Waals surface area contributed by atoms with Crippen molar-refractivity contribution in [2.45, 2.75) is 12.8 Å². The lowest BCUT2D eigenvalue weighted by Crippen LogP contribution is -2.34. The lowest BCUT2D eigenvalue weighted by atomic mass is 9.97. The number of anilines is 2. The van der Waals surface area contributed by atoms with Crippen molar-refractivity contribution in [2.24, 2.45) is 11.7 Å². The Hall–Kier alpha value is -2.08. The Balaban J connectivity index is 1.91. The van der Waals surface area contributed by atoms with Crippen LogP contribution < -0.4 is 21.7 Å². The van der Waals surface area contributed by atoms with Crippen molar-refractivity contribution in [2.75, 3.05) is 23.7 Å². The fourth-order valence-corrected chi connectivity index (χ4v) is 2.11. The molecule has 1 fully saturated rings. The van der Waals surface area contributed by atoms with E-state index in [1.807, 2.05) is 0 Å². The molecule has 1 aromatic rings. The van der Waals surface area contributed by atoms with Crippen LogP contribution in [-0.4, -0.2) is 25.0 Å². The van der Waals surface area contributed by atoms with Crippen molar-refractivity contribution in [1.29, 1.82) is 0 Å². The topological polar surface area (TPSA) is 96.2 Å². The van der Waals surface area contributed by atoms with Gasteiger partial charge in [-0.25, -0.2) is 4.79 Å². The lowest BCUT2D eigenvalue weighted by Gasteiger charge is -2.21. The molecule has 6 nitrogen and oxygen atoms in total. The van der Waals surface area contributed by atoms with E-state index in [4.69, 9.17) is 5.73 Å². The molecule has 1 aliphatic heterocycles. The fraction of sp³-hybridized carbons (Fsp3) is 0.385. The Morgan fingerprint density at radius 3 is 2.11 bits per heavy atom. The van der Waals surface area contributed by atoms with Gasteiger partial charge in [-0.2, -0.15) is 0 Å². The molecule has 0 aliphatic carbocycles. The molecule has 3 amide bonds. The normalized spacial score (nSPS) is 15.8. The number of amides is 3. The van der Waals surface area contributed by atoms with Crippen LogP contribution in [0.3, 0.4) is 0 Å². The number of rotatable bonds is 3. The number of nitrogens with two attached hydrogens (primary N) is 1. The van der Waals surface area contributed by atoms with Crippen molar-refractivity contribution in [1.82, 2.24) is 5.32 Å². The summed E-state index contributed by atoms with van der Waals surface area (Å²) in [7, 11) is 0. The number of benzene rings is 1. The van der Waals surface area contributed by atoms with Gasteiger partial charge in [0.15, 0.2) is 0 Å².